The van der Waals surface area contributed by atoms with Crippen molar-refractivity contribution < 1.29 is 31.2 Å². The van der Waals surface area contributed by atoms with E-state index in [2.05, 4.69) is 15.4 Å². The van der Waals surface area contributed by atoms with Crippen LogP contribution in [0.5, 0.6) is 0 Å². The Bertz CT molecular complexity index is 1180. The van der Waals surface area contributed by atoms with E-state index in [9.17, 15) is 26.3 Å². The quantitative estimate of drug-likeness (QED) is 0.400. The Hall–Kier alpha value is -2.59. The number of nitrogens with zero attached hydrogens (tertiary/aromatic N) is 1. The number of imidazole rings is 1. The molecule has 2 aliphatic rings. The summed E-state index contributed by atoms with van der Waals surface area (Å²) in [6.45, 7) is 0. The fourth-order valence-corrected chi connectivity index (χ4v) is 4.96. The molecule has 33 heavy (non-hydrogen) atoms. The minimum absolute atomic E-state index is 0.0261. The highest BCUT2D eigenvalue weighted by Crippen LogP contribution is 2.44. The Labute approximate surface area is 185 Å². The Morgan fingerprint density at radius 2 is 1.61 bits per heavy atom. The highest BCUT2D eigenvalue weighted by molar-refractivity contribution is 5.86. The third kappa shape index (κ3) is 4.10. The summed E-state index contributed by atoms with van der Waals surface area (Å²) in [6, 6.07) is 6.19. The molecular formula is C23H21F6N3O. The number of benzene rings is 2. The molecule has 1 spiro atoms. The molecule has 10 heteroatoms. The predicted molar refractivity (Wildman–Crippen MR) is 109 cm³/mol. The Kier molecular flexibility index (Phi) is 5.20. The van der Waals surface area contributed by atoms with Gasteiger partial charge in [0.15, 0.2) is 0 Å². The second kappa shape index (κ2) is 7.73. The van der Waals surface area contributed by atoms with Crippen LogP contribution in [0.15, 0.2) is 36.4 Å². The van der Waals surface area contributed by atoms with E-state index >= 15 is 0 Å². The summed E-state index contributed by atoms with van der Waals surface area (Å²) < 4.78 is 82.2. The maximum Gasteiger partial charge on any atom is 0.418 e. The predicted octanol–water partition coefficient (Wildman–Crippen LogP) is 6.94. The first-order valence-electron chi connectivity index (χ1n) is 10.8. The summed E-state index contributed by atoms with van der Waals surface area (Å²) in [5.41, 5.74) is -0.333. The molecule has 0 amide bonds. The largest absolute Gasteiger partial charge is 0.418 e. The van der Waals surface area contributed by atoms with Crippen molar-refractivity contribution in [3.63, 3.8) is 0 Å². The van der Waals surface area contributed by atoms with Crippen molar-refractivity contribution >= 4 is 11.0 Å². The van der Waals surface area contributed by atoms with E-state index in [0.29, 0.717) is 6.42 Å². The number of hydroxylamine groups is 1. The summed E-state index contributed by atoms with van der Waals surface area (Å²) in [7, 11) is 0. The fraction of sp³-hybridized carbons (Fsp3) is 0.435. The molecule has 4 nitrogen and oxygen atoms in total. The van der Waals surface area contributed by atoms with Crippen molar-refractivity contribution in [3.8, 4) is 11.1 Å². The maximum atomic E-state index is 13.9. The van der Waals surface area contributed by atoms with Gasteiger partial charge in [-0.05, 0) is 42.2 Å². The molecule has 2 fully saturated rings. The van der Waals surface area contributed by atoms with Crippen LogP contribution < -0.4 is 5.48 Å². The van der Waals surface area contributed by atoms with E-state index in [1.165, 1.54) is 24.3 Å². The summed E-state index contributed by atoms with van der Waals surface area (Å²) in [6.07, 6.45) is -4.04. The Morgan fingerprint density at radius 1 is 0.909 bits per heavy atom. The van der Waals surface area contributed by atoms with Crippen LogP contribution in [0, 0.1) is 0 Å². The number of alkyl halides is 6. The van der Waals surface area contributed by atoms with Crippen LogP contribution in [0.3, 0.4) is 0 Å². The zero-order valence-corrected chi connectivity index (χ0v) is 17.4. The van der Waals surface area contributed by atoms with Gasteiger partial charge in [-0.3, -0.25) is 4.84 Å². The van der Waals surface area contributed by atoms with Crippen molar-refractivity contribution in [2.75, 3.05) is 0 Å². The minimum Gasteiger partial charge on any atom is -0.341 e. The SMILES string of the molecule is FC(F)(F)c1ccccc1-c1cc(C(F)(F)F)c2nc([C@H]3CC4(CCCCC4)ON3)[nH]c2c1. The molecule has 3 aromatic rings. The molecule has 1 saturated carbocycles. The zero-order chi connectivity index (χ0) is 23.4. The first kappa shape index (κ1) is 22.2. The van der Waals surface area contributed by atoms with Crippen LogP contribution in [0.4, 0.5) is 26.3 Å². The summed E-state index contributed by atoms with van der Waals surface area (Å²) in [5.74, 6) is 0.277. The lowest BCUT2D eigenvalue weighted by atomic mass is 9.81. The maximum absolute atomic E-state index is 13.9. The minimum atomic E-state index is -4.79. The molecular weight excluding hydrogens is 448 g/mol. The molecule has 176 valence electrons. The second-order valence-electron chi connectivity index (χ2n) is 8.80. The van der Waals surface area contributed by atoms with E-state index in [1.54, 1.807) is 0 Å². The molecule has 0 radical (unpaired) electrons. The van der Waals surface area contributed by atoms with Gasteiger partial charge in [0.25, 0.3) is 0 Å². The average molecular weight is 469 g/mol. The van der Waals surface area contributed by atoms with Crippen molar-refractivity contribution in [1.29, 1.82) is 0 Å². The van der Waals surface area contributed by atoms with Gasteiger partial charge in [0.1, 0.15) is 11.3 Å². The Morgan fingerprint density at radius 3 is 2.30 bits per heavy atom. The van der Waals surface area contributed by atoms with E-state index in [-0.39, 0.29) is 33.6 Å². The number of aromatic amines is 1. The fourth-order valence-electron chi connectivity index (χ4n) is 4.96. The second-order valence-corrected chi connectivity index (χ2v) is 8.80. The number of fused-ring (bicyclic) bond motifs is 1. The van der Waals surface area contributed by atoms with Gasteiger partial charge >= 0.3 is 12.4 Å². The lowest BCUT2D eigenvalue weighted by molar-refractivity contribution is -0.137. The third-order valence-electron chi connectivity index (χ3n) is 6.54. The number of nitrogens with one attached hydrogen (secondary N) is 2. The van der Waals surface area contributed by atoms with Crippen LogP contribution in [-0.4, -0.2) is 15.6 Å². The van der Waals surface area contributed by atoms with Gasteiger partial charge in [0.2, 0.25) is 0 Å². The van der Waals surface area contributed by atoms with E-state index in [1.807, 2.05) is 0 Å². The number of hydrogen-bond donors (Lipinski definition) is 2. The average Bonchev–Trinajstić information content (AvgIpc) is 3.36. The molecule has 5 rings (SSSR count). The third-order valence-corrected chi connectivity index (χ3v) is 6.54. The van der Waals surface area contributed by atoms with Gasteiger partial charge in [0.05, 0.1) is 28.3 Å². The molecule has 1 aliphatic carbocycles. The van der Waals surface area contributed by atoms with E-state index in [0.717, 1.165) is 44.2 Å². The summed E-state index contributed by atoms with van der Waals surface area (Å²) in [5, 5.41) is 0. The van der Waals surface area contributed by atoms with Crippen LogP contribution in [0.25, 0.3) is 22.2 Å². The van der Waals surface area contributed by atoms with Gasteiger partial charge in [0, 0.05) is 6.42 Å². The highest BCUT2D eigenvalue weighted by Gasteiger charge is 2.43. The number of hydrogen-bond acceptors (Lipinski definition) is 3. The topological polar surface area (TPSA) is 49.9 Å². The van der Waals surface area contributed by atoms with Crippen LogP contribution in [0.1, 0.15) is 61.5 Å². The molecule has 0 unspecified atom stereocenters. The number of aromatic nitrogens is 2. The molecule has 2 aromatic carbocycles. The first-order valence-corrected chi connectivity index (χ1v) is 10.8. The van der Waals surface area contributed by atoms with Crippen molar-refractivity contribution in [2.45, 2.75) is 62.5 Å². The van der Waals surface area contributed by atoms with Gasteiger partial charge in [-0.15, -0.1) is 0 Å². The van der Waals surface area contributed by atoms with Crippen LogP contribution >= 0.6 is 0 Å². The van der Waals surface area contributed by atoms with Gasteiger partial charge in [-0.1, -0.05) is 37.5 Å². The molecule has 1 aromatic heterocycles. The lowest BCUT2D eigenvalue weighted by Crippen LogP contribution is -2.31. The van der Waals surface area contributed by atoms with Crippen LogP contribution in [-0.2, 0) is 17.2 Å². The summed E-state index contributed by atoms with van der Waals surface area (Å²) in [4.78, 5) is 12.9. The van der Waals surface area contributed by atoms with E-state index in [4.69, 9.17) is 4.84 Å². The number of rotatable bonds is 2. The highest BCUT2D eigenvalue weighted by atomic mass is 19.4. The molecule has 1 atom stereocenters. The zero-order valence-electron chi connectivity index (χ0n) is 17.4. The number of H-pyrrole nitrogens is 1. The normalized spacial score (nSPS) is 21.2. The van der Waals surface area contributed by atoms with Gasteiger partial charge < -0.3 is 4.98 Å². The molecule has 2 heterocycles. The molecule has 1 aliphatic heterocycles. The van der Waals surface area contributed by atoms with Crippen molar-refractivity contribution in [3.05, 3.63) is 53.3 Å². The van der Waals surface area contributed by atoms with Crippen molar-refractivity contribution in [2.24, 2.45) is 0 Å². The van der Waals surface area contributed by atoms with Crippen LogP contribution in [0.2, 0.25) is 0 Å². The lowest BCUT2D eigenvalue weighted by Gasteiger charge is -2.30. The van der Waals surface area contributed by atoms with Crippen molar-refractivity contribution in [1.82, 2.24) is 15.4 Å². The smallest absolute Gasteiger partial charge is 0.341 e. The molecule has 2 N–H and O–H groups in total. The molecule has 0 bridgehead atoms. The first-order chi connectivity index (χ1) is 15.6. The monoisotopic (exact) mass is 469 g/mol. The number of halogens is 6. The Balaban J connectivity index is 1.60. The van der Waals surface area contributed by atoms with Gasteiger partial charge in [-0.25, -0.2) is 4.98 Å². The standard InChI is InChI=1S/C23H21F6N3O/c24-22(25,26)15-7-3-2-6-14(15)13-10-16(23(27,28)29)19-17(11-13)30-20(31-19)18-12-21(33-32-18)8-4-1-5-9-21/h2-3,6-7,10-11,18,32H,1,4-5,8-9,12H2,(H,30,31)/t18-/m1/s1. The summed E-state index contributed by atoms with van der Waals surface area (Å²) >= 11 is 0. The molecule has 1 saturated heterocycles. The van der Waals surface area contributed by atoms with Gasteiger partial charge in [-0.2, -0.15) is 31.8 Å². The van der Waals surface area contributed by atoms with E-state index < -0.39 is 29.5 Å².